The Hall–Kier alpha value is -2.56. The number of urea groups is 1. The Bertz CT molecular complexity index is 724. The molecule has 3 rings (SSSR count). The molecule has 2 aromatic rings. The fraction of sp³-hybridized carbons (Fsp3) is 0.600. The zero-order chi connectivity index (χ0) is 18.4. The molecule has 0 saturated carbocycles. The number of hydrogen-bond donors (Lipinski definition) is 2. The summed E-state index contributed by atoms with van der Waals surface area (Å²) in [5.74, 6) is 0.00997. The van der Waals surface area contributed by atoms with Gasteiger partial charge in [-0.25, -0.2) is 9.78 Å². The normalized spacial score (nSPS) is 14.5. The van der Waals surface area contributed by atoms with E-state index in [-0.39, 0.29) is 17.8 Å². The molecular formula is C15H22N8O2S. The van der Waals surface area contributed by atoms with Crippen LogP contribution in [0.3, 0.4) is 0 Å². The summed E-state index contributed by atoms with van der Waals surface area (Å²) < 4.78 is 0. The van der Waals surface area contributed by atoms with E-state index < -0.39 is 0 Å². The molecule has 11 heteroatoms. The number of nitrogens with one attached hydrogen (secondary N) is 2. The maximum Gasteiger partial charge on any atom is 0.323 e. The maximum atomic E-state index is 12.4. The summed E-state index contributed by atoms with van der Waals surface area (Å²) in [5.41, 5.74) is 0. The highest BCUT2D eigenvalue weighted by atomic mass is 32.1. The van der Waals surface area contributed by atoms with Crippen molar-refractivity contribution in [2.75, 3.05) is 31.5 Å². The molecule has 3 heterocycles. The number of rotatable bonds is 6. The lowest BCUT2D eigenvalue weighted by Crippen LogP contribution is -2.51. The fourth-order valence-electron chi connectivity index (χ4n) is 2.67. The third-order valence-electron chi connectivity index (χ3n) is 4.15. The highest BCUT2D eigenvalue weighted by molar-refractivity contribution is 7.15. The molecule has 0 aromatic carbocycles. The summed E-state index contributed by atoms with van der Waals surface area (Å²) in [7, 11) is 0. The van der Waals surface area contributed by atoms with E-state index >= 15 is 0 Å². The van der Waals surface area contributed by atoms with Gasteiger partial charge in [-0.15, -0.1) is 10.2 Å². The Kier molecular flexibility index (Phi) is 6.10. The van der Waals surface area contributed by atoms with E-state index in [1.807, 2.05) is 0 Å². The van der Waals surface area contributed by atoms with Crippen molar-refractivity contribution in [3.63, 3.8) is 0 Å². The summed E-state index contributed by atoms with van der Waals surface area (Å²) in [6.07, 6.45) is 5.60. The summed E-state index contributed by atoms with van der Waals surface area (Å²) in [5, 5.41) is 18.6. The predicted octanol–water partition coefficient (Wildman–Crippen LogP) is 1.38. The monoisotopic (exact) mass is 378 g/mol. The summed E-state index contributed by atoms with van der Waals surface area (Å²) >= 11 is 1.41. The minimum absolute atomic E-state index is 0.205. The molecule has 0 spiro atoms. The van der Waals surface area contributed by atoms with Gasteiger partial charge in [-0.3, -0.25) is 15.2 Å². The minimum Gasteiger partial charge on any atom is -0.332 e. The van der Waals surface area contributed by atoms with Crippen molar-refractivity contribution >= 4 is 28.4 Å². The molecule has 1 aliphatic heterocycles. The van der Waals surface area contributed by atoms with Crippen molar-refractivity contribution in [3.05, 3.63) is 17.2 Å². The SMILES string of the molecule is CCCCCc1nnc(NC(=O)N2CCN(C(=O)c3ncn[nH]3)CC2)s1. The smallest absolute Gasteiger partial charge is 0.323 e. The first kappa shape index (κ1) is 18.2. The van der Waals surface area contributed by atoms with Crippen LogP contribution in [0.25, 0.3) is 0 Å². The third-order valence-corrected chi connectivity index (χ3v) is 5.05. The zero-order valence-corrected chi connectivity index (χ0v) is 15.5. The lowest BCUT2D eigenvalue weighted by Gasteiger charge is -2.33. The average Bonchev–Trinajstić information content (AvgIpc) is 3.34. The molecule has 0 bridgehead atoms. The highest BCUT2D eigenvalue weighted by Gasteiger charge is 2.26. The number of anilines is 1. The molecule has 10 nitrogen and oxygen atoms in total. The van der Waals surface area contributed by atoms with E-state index in [2.05, 4.69) is 37.6 Å². The van der Waals surface area contributed by atoms with Gasteiger partial charge >= 0.3 is 6.03 Å². The molecule has 2 aromatic heterocycles. The molecule has 0 unspecified atom stereocenters. The molecule has 3 amide bonds. The largest absolute Gasteiger partial charge is 0.332 e. The van der Waals surface area contributed by atoms with Gasteiger partial charge in [0.1, 0.15) is 11.3 Å². The summed E-state index contributed by atoms with van der Waals surface area (Å²) in [4.78, 5) is 31.7. The number of nitrogens with zero attached hydrogens (tertiary/aromatic N) is 6. The molecule has 140 valence electrons. The lowest BCUT2D eigenvalue weighted by molar-refractivity contribution is 0.0660. The van der Waals surface area contributed by atoms with Gasteiger partial charge in [0.05, 0.1) is 0 Å². The molecule has 2 N–H and O–H groups in total. The molecule has 1 aliphatic rings. The van der Waals surface area contributed by atoms with Crippen LogP contribution in [0, 0.1) is 0 Å². The first-order chi connectivity index (χ1) is 12.7. The molecule has 1 fully saturated rings. The van der Waals surface area contributed by atoms with Gasteiger partial charge < -0.3 is 9.80 Å². The fourth-order valence-corrected chi connectivity index (χ4v) is 3.44. The van der Waals surface area contributed by atoms with Crippen LogP contribution in [0.2, 0.25) is 0 Å². The number of carbonyl (C=O) groups is 2. The van der Waals surface area contributed by atoms with E-state index in [9.17, 15) is 9.59 Å². The lowest BCUT2D eigenvalue weighted by atomic mass is 10.2. The van der Waals surface area contributed by atoms with Gasteiger partial charge in [-0.2, -0.15) is 5.10 Å². The molecular weight excluding hydrogens is 356 g/mol. The van der Waals surface area contributed by atoms with Crippen LogP contribution in [0.4, 0.5) is 9.93 Å². The van der Waals surface area contributed by atoms with Gasteiger partial charge in [0.15, 0.2) is 0 Å². The number of unbranched alkanes of at least 4 members (excludes halogenated alkanes) is 2. The Morgan fingerprint density at radius 3 is 2.65 bits per heavy atom. The van der Waals surface area contributed by atoms with Crippen molar-refractivity contribution in [3.8, 4) is 0 Å². The quantitative estimate of drug-likeness (QED) is 0.733. The van der Waals surface area contributed by atoms with Crippen LogP contribution in [-0.4, -0.2) is 73.3 Å². The van der Waals surface area contributed by atoms with Crippen molar-refractivity contribution in [2.45, 2.75) is 32.6 Å². The topological polar surface area (TPSA) is 120 Å². The van der Waals surface area contributed by atoms with Crippen molar-refractivity contribution in [1.82, 2.24) is 35.2 Å². The van der Waals surface area contributed by atoms with Crippen molar-refractivity contribution < 1.29 is 9.59 Å². The standard InChI is InChI=1S/C15H22N8O2S/c1-2-3-4-5-11-19-21-14(26-11)18-15(25)23-8-6-22(7-9-23)13(24)12-16-10-17-20-12/h10H,2-9H2,1H3,(H,16,17,20)(H,18,21,25). The zero-order valence-electron chi connectivity index (χ0n) is 14.6. The van der Waals surface area contributed by atoms with Crippen LogP contribution in [0.15, 0.2) is 6.33 Å². The van der Waals surface area contributed by atoms with Gasteiger partial charge in [0.25, 0.3) is 5.91 Å². The van der Waals surface area contributed by atoms with Crippen molar-refractivity contribution in [2.24, 2.45) is 0 Å². The maximum absolute atomic E-state index is 12.4. The molecule has 0 aliphatic carbocycles. The van der Waals surface area contributed by atoms with Gasteiger partial charge in [0.2, 0.25) is 11.0 Å². The van der Waals surface area contributed by atoms with Crippen molar-refractivity contribution in [1.29, 1.82) is 0 Å². The Morgan fingerprint density at radius 2 is 1.96 bits per heavy atom. The Balaban J connectivity index is 1.46. The molecule has 1 saturated heterocycles. The second-order valence-electron chi connectivity index (χ2n) is 6.00. The number of carbonyl (C=O) groups excluding carboxylic acids is 2. The van der Waals surface area contributed by atoms with E-state index in [4.69, 9.17) is 0 Å². The summed E-state index contributed by atoms with van der Waals surface area (Å²) in [6.45, 7) is 3.96. The number of H-pyrrole nitrogens is 1. The number of piperazine rings is 1. The summed E-state index contributed by atoms with van der Waals surface area (Å²) in [6, 6.07) is -0.215. The van der Waals surface area contributed by atoms with Gasteiger partial charge in [-0.1, -0.05) is 31.1 Å². The van der Waals surface area contributed by atoms with Crippen LogP contribution >= 0.6 is 11.3 Å². The first-order valence-electron chi connectivity index (χ1n) is 8.70. The first-order valence-corrected chi connectivity index (χ1v) is 9.52. The minimum atomic E-state index is -0.215. The van der Waals surface area contributed by atoms with E-state index in [0.29, 0.717) is 31.3 Å². The second-order valence-corrected chi connectivity index (χ2v) is 7.06. The predicted molar refractivity (Wildman–Crippen MR) is 96.0 cm³/mol. The molecule has 0 radical (unpaired) electrons. The Labute approximate surface area is 155 Å². The average molecular weight is 378 g/mol. The number of aromatic nitrogens is 5. The third kappa shape index (κ3) is 4.54. The number of aromatic amines is 1. The molecule has 26 heavy (non-hydrogen) atoms. The van der Waals surface area contributed by atoms with E-state index in [0.717, 1.165) is 24.3 Å². The van der Waals surface area contributed by atoms with Crippen LogP contribution in [0.1, 0.15) is 41.8 Å². The number of aryl methyl sites for hydroxylation is 1. The van der Waals surface area contributed by atoms with Crippen LogP contribution in [-0.2, 0) is 6.42 Å². The van der Waals surface area contributed by atoms with Gasteiger partial charge in [-0.05, 0) is 6.42 Å². The highest BCUT2D eigenvalue weighted by Crippen LogP contribution is 2.18. The van der Waals surface area contributed by atoms with Crippen LogP contribution in [0.5, 0.6) is 0 Å². The number of amides is 3. The Morgan fingerprint density at radius 1 is 1.19 bits per heavy atom. The van der Waals surface area contributed by atoms with Gasteiger partial charge in [0, 0.05) is 32.6 Å². The number of hydrogen-bond acceptors (Lipinski definition) is 7. The second kappa shape index (κ2) is 8.70. The van der Waals surface area contributed by atoms with E-state index in [1.165, 1.54) is 24.1 Å². The molecule has 0 atom stereocenters. The van der Waals surface area contributed by atoms with Crippen LogP contribution < -0.4 is 5.32 Å². The van der Waals surface area contributed by atoms with E-state index in [1.54, 1.807) is 9.80 Å².